The first-order valence-corrected chi connectivity index (χ1v) is 3.76. The van der Waals surface area contributed by atoms with Gasteiger partial charge in [-0.3, -0.25) is 0 Å². The SMILES string of the molecule is CNc1c(F)c(F)c(C#N)c(C#N)c1F. The van der Waals surface area contributed by atoms with E-state index in [0.29, 0.717) is 0 Å². The van der Waals surface area contributed by atoms with E-state index < -0.39 is 34.3 Å². The van der Waals surface area contributed by atoms with Gasteiger partial charge in [-0.15, -0.1) is 0 Å². The van der Waals surface area contributed by atoms with Crippen LogP contribution in [0.2, 0.25) is 0 Å². The highest BCUT2D eigenvalue weighted by Gasteiger charge is 2.24. The third-order valence-corrected chi connectivity index (χ3v) is 1.79. The van der Waals surface area contributed by atoms with Crippen LogP contribution in [0, 0.1) is 40.1 Å². The molecule has 1 aromatic rings. The Morgan fingerprint density at radius 2 is 1.40 bits per heavy atom. The number of hydrogen-bond acceptors (Lipinski definition) is 3. The van der Waals surface area contributed by atoms with Crippen LogP contribution >= 0.6 is 0 Å². The van der Waals surface area contributed by atoms with E-state index in [1.54, 1.807) is 0 Å². The van der Waals surface area contributed by atoms with Crippen molar-refractivity contribution in [1.29, 1.82) is 10.5 Å². The summed E-state index contributed by atoms with van der Waals surface area (Å²) in [6.07, 6.45) is 0. The highest BCUT2D eigenvalue weighted by Crippen LogP contribution is 2.27. The first-order valence-electron chi connectivity index (χ1n) is 3.76. The molecule has 0 radical (unpaired) electrons. The highest BCUT2D eigenvalue weighted by molar-refractivity contribution is 5.59. The number of anilines is 1. The molecule has 1 N–H and O–H groups in total. The van der Waals surface area contributed by atoms with Gasteiger partial charge in [0.15, 0.2) is 17.5 Å². The van der Waals surface area contributed by atoms with Crippen molar-refractivity contribution in [2.75, 3.05) is 12.4 Å². The molecule has 0 aromatic heterocycles. The molecular formula is C9H4F3N3. The Bertz CT molecular complexity index is 493. The summed E-state index contributed by atoms with van der Waals surface area (Å²) in [5, 5.41) is 19.0. The average Bonchev–Trinajstić information content (AvgIpc) is 2.23. The monoisotopic (exact) mass is 211 g/mol. The molecule has 3 nitrogen and oxygen atoms in total. The number of nitriles is 2. The summed E-state index contributed by atoms with van der Waals surface area (Å²) in [5.74, 6) is -4.30. The minimum absolute atomic E-state index is 0.761. The smallest absolute Gasteiger partial charge is 0.186 e. The molecule has 0 aliphatic carbocycles. The predicted octanol–water partition coefficient (Wildman–Crippen LogP) is 1.89. The second kappa shape index (κ2) is 3.89. The van der Waals surface area contributed by atoms with Crippen LogP contribution in [-0.4, -0.2) is 7.05 Å². The summed E-state index contributed by atoms with van der Waals surface area (Å²) in [4.78, 5) is 0. The fourth-order valence-electron chi connectivity index (χ4n) is 1.09. The maximum absolute atomic E-state index is 13.3. The molecule has 0 heterocycles. The number of nitrogens with zero attached hydrogens (tertiary/aromatic N) is 2. The zero-order valence-corrected chi connectivity index (χ0v) is 7.53. The van der Waals surface area contributed by atoms with E-state index in [1.165, 1.54) is 19.2 Å². The van der Waals surface area contributed by atoms with Gasteiger partial charge in [-0.2, -0.15) is 10.5 Å². The van der Waals surface area contributed by atoms with Crippen LogP contribution in [0.15, 0.2) is 0 Å². The Morgan fingerprint density at radius 3 is 1.80 bits per heavy atom. The van der Waals surface area contributed by atoms with E-state index in [4.69, 9.17) is 10.5 Å². The Kier molecular flexibility index (Phi) is 2.82. The van der Waals surface area contributed by atoms with Gasteiger partial charge in [0.05, 0.1) is 0 Å². The number of hydrogen-bond donors (Lipinski definition) is 1. The van der Waals surface area contributed by atoms with Gasteiger partial charge in [0.1, 0.15) is 29.0 Å². The van der Waals surface area contributed by atoms with Crippen molar-refractivity contribution in [3.63, 3.8) is 0 Å². The lowest BCUT2D eigenvalue weighted by atomic mass is 10.1. The Labute approximate surface area is 83.4 Å². The number of rotatable bonds is 1. The topological polar surface area (TPSA) is 59.6 Å². The molecule has 1 aromatic carbocycles. The first kappa shape index (κ1) is 10.9. The quantitative estimate of drug-likeness (QED) is 0.721. The third-order valence-electron chi connectivity index (χ3n) is 1.79. The van der Waals surface area contributed by atoms with Crippen LogP contribution in [0.1, 0.15) is 11.1 Å². The fourth-order valence-corrected chi connectivity index (χ4v) is 1.09. The van der Waals surface area contributed by atoms with Crippen LogP contribution in [-0.2, 0) is 0 Å². The zero-order valence-electron chi connectivity index (χ0n) is 7.53. The van der Waals surface area contributed by atoms with Crippen LogP contribution < -0.4 is 5.32 Å². The maximum Gasteiger partial charge on any atom is 0.186 e. The van der Waals surface area contributed by atoms with Gasteiger partial charge >= 0.3 is 0 Å². The van der Waals surface area contributed by atoms with E-state index in [2.05, 4.69) is 5.32 Å². The first-order chi connectivity index (χ1) is 7.08. The van der Waals surface area contributed by atoms with Gasteiger partial charge < -0.3 is 5.32 Å². The molecule has 0 fully saturated rings. The molecule has 6 heteroatoms. The molecule has 1 rings (SSSR count). The predicted molar refractivity (Wildman–Crippen MR) is 45.3 cm³/mol. The summed E-state index contributed by atoms with van der Waals surface area (Å²) in [6, 6.07) is 2.56. The Hall–Kier alpha value is -2.21. The largest absolute Gasteiger partial charge is 0.383 e. The third kappa shape index (κ3) is 1.46. The molecule has 0 atom stereocenters. The molecule has 0 bridgehead atoms. The highest BCUT2D eigenvalue weighted by atomic mass is 19.2. The van der Waals surface area contributed by atoms with Crippen LogP contribution in [0.3, 0.4) is 0 Å². The van der Waals surface area contributed by atoms with E-state index in [0.717, 1.165) is 0 Å². The van der Waals surface area contributed by atoms with Gasteiger partial charge in [0.25, 0.3) is 0 Å². The van der Waals surface area contributed by atoms with E-state index in [9.17, 15) is 13.2 Å². The van der Waals surface area contributed by atoms with Crippen molar-refractivity contribution in [1.82, 2.24) is 0 Å². The Morgan fingerprint density at radius 1 is 0.933 bits per heavy atom. The Balaban J connectivity index is 3.77. The number of benzene rings is 1. The van der Waals surface area contributed by atoms with Gasteiger partial charge in [-0.05, 0) is 0 Å². The summed E-state index contributed by atoms with van der Waals surface area (Å²) < 4.78 is 39.5. The molecule has 0 aliphatic rings. The molecule has 0 spiro atoms. The zero-order chi connectivity index (χ0) is 11.6. The van der Waals surface area contributed by atoms with Crippen molar-refractivity contribution >= 4 is 5.69 Å². The lowest BCUT2D eigenvalue weighted by Crippen LogP contribution is -2.06. The second-order valence-electron chi connectivity index (χ2n) is 2.54. The number of nitrogens with one attached hydrogen (secondary N) is 1. The van der Waals surface area contributed by atoms with Crippen molar-refractivity contribution < 1.29 is 13.2 Å². The molecular weight excluding hydrogens is 207 g/mol. The van der Waals surface area contributed by atoms with E-state index in [1.807, 2.05) is 0 Å². The molecule has 0 aliphatic heterocycles. The van der Waals surface area contributed by atoms with E-state index >= 15 is 0 Å². The molecule has 15 heavy (non-hydrogen) atoms. The van der Waals surface area contributed by atoms with Crippen molar-refractivity contribution in [2.24, 2.45) is 0 Å². The fraction of sp³-hybridized carbons (Fsp3) is 0.111. The summed E-state index contributed by atoms with van der Waals surface area (Å²) in [6.45, 7) is 0. The van der Waals surface area contributed by atoms with Gasteiger partial charge in [0, 0.05) is 7.05 Å². The minimum Gasteiger partial charge on any atom is -0.383 e. The van der Waals surface area contributed by atoms with Crippen LogP contribution in [0.25, 0.3) is 0 Å². The van der Waals surface area contributed by atoms with E-state index in [-0.39, 0.29) is 0 Å². The van der Waals surface area contributed by atoms with Crippen molar-refractivity contribution in [3.8, 4) is 12.1 Å². The lowest BCUT2D eigenvalue weighted by molar-refractivity contribution is 0.496. The van der Waals surface area contributed by atoms with Crippen molar-refractivity contribution in [3.05, 3.63) is 28.6 Å². The summed E-state index contributed by atoms with van der Waals surface area (Å²) in [5.41, 5.74) is -2.49. The summed E-state index contributed by atoms with van der Waals surface area (Å²) in [7, 11) is 1.17. The van der Waals surface area contributed by atoms with Gasteiger partial charge in [-0.25, -0.2) is 13.2 Å². The average molecular weight is 211 g/mol. The molecule has 0 amide bonds. The van der Waals surface area contributed by atoms with Crippen molar-refractivity contribution in [2.45, 2.75) is 0 Å². The normalized spacial score (nSPS) is 9.20. The maximum atomic E-state index is 13.3. The lowest BCUT2D eigenvalue weighted by Gasteiger charge is -2.07. The van der Waals surface area contributed by atoms with Gasteiger partial charge in [-0.1, -0.05) is 0 Å². The number of halogens is 3. The second-order valence-corrected chi connectivity index (χ2v) is 2.54. The molecule has 0 unspecified atom stereocenters. The van der Waals surface area contributed by atoms with Gasteiger partial charge in [0.2, 0.25) is 0 Å². The standard InChI is InChI=1S/C9H4F3N3/c1-15-9-7(11)5(3-14)4(2-13)6(10)8(9)12/h15H,1H3. The molecule has 0 saturated heterocycles. The molecule has 76 valence electrons. The summed E-state index contributed by atoms with van der Waals surface area (Å²) >= 11 is 0. The minimum atomic E-state index is -1.53. The van der Waals surface area contributed by atoms with Crippen LogP contribution in [0.5, 0.6) is 0 Å². The molecule has 0 saturated carbocycles. The van der Waals surface area contributed by atoms with Crippen LogP contribution in [0.4, 0.5) is 18.9 Å².